The number of carbonyl (C=O) groups excluding carboxylic acids is 1. The zero-order valence-electron chi connectivity index (χ0n) is 11.3. The zero-order chi connectivity index (χ0) is 14.2. The van der Waals surface area contributed by atoms with Gasteiger partial charge in [-0.15, -0.1) is 24.2 Å². The number of carbonyl (C=O) groups is 1. The molecule has 0 spiro atoms. The molecule has 2 N–H and O–H groups in total. The number of hydrogen-bond donors (Lipinski definition) is 2. The lowest BCUT2D eigenvalue weighted by molar-refractivity contribution is -0.124. The Balaban J connectivity index is 0.00000161. The molecular formula is C14H17ClF2N2OS. The van der Waals surface area contributed by atoms with Gasteiger partial charge in [0.25, 0.3) is 5.92 Å². The van der Waals surface area contributed by atoms with Gasteiger partial charge in [-0.25, -0.2) is 8.78 Å². The maximum Gasteiger partial charge on any atom is 0.262 e. The van der Waals surface area contributed by atoms with Gasteiger partial charge in [0.15, 0.2) is 0 Å². The van der Waals surface area contributed by atoms with Crippen molar-refractivity contribution in [2.24, 2.45) is 0 Å². The highest BCUT2D eigenvalue weighted by Gasteiger charge is 2.42. The largest absolute Gasteiger partial charge is 0.348 e. The molecule has 0 radical (unpaired) electrons. The summed E-state index contributed by atoms with van der Waals surface area (Å²) >= 11 is 1.76. The number of rotatable bonds is 2. The van der Waals surface area contributed by atoms with Crippen LogP contribution in [0.1, 0.15) is 24.4 Å². The van der Waals surface area contributed by atoms with E-state index in [4.69, 9.17) is 0 Å². The molecule has 2 heterocycles. The van der Waals surface area contributed by atoms with Gasteiger partial charge in [-0.2, -0.15) is 0 Å². The average molecular weight is 335 g/mol. The number of alkyl halides is 2. The lowest BCUT2D eigenvalue weighted by Gasteiger charge is -2.27. The highest BCUT2D eigenvalue weighted by Crippen LogP contribution is 2.36. The fourth-order valence-corrected chi connectivity index (χ4v) is 3.79. The number of thioether (sulfide) groups is 1. The Morgan fingerprint density at radius 1 is 1.38 bits per heavy atom. The first-order valence-electron chi connectivity index (χ1n) is 6.68. The van der Waals surface area contributed by atoms with Gasteiger partial charge in [0, 0.05) is 17.1 Å². The van der Waals surface area contributed by atoms with Crippen molar-refractivity contribution < 1.29 is 13.6 Å². The zero-order valence-corrected chi connectivity index (χ0v) is 12.9. The summed E-state index contributed by atoms with van der Waals surface area (Å²) < 4.78 is 26.3. The van der Waals surface area contributed by atoms with E-state index < -0.39 is 24.9 Å². The summed E-state index contributed by atoms with van der Waals surface area (Å²) in [5.41, 5.74) is 1.09. The molecule has 1 amide bonds. The first-order valence-corrected chi connectivity index (χ1v) is 7.67. The van der Waals surface area contributed by atoms with E-state index in [1.54, 1.807) is 11.8 Å². The van der Waals surface area contributed by atoms with Crippen molar-refractivity contribution in [3.63, 3.8) is 0 Å². The summed E-state index contributed by atoms with van der Waals surface area (Å²) in [5, 5.41) is 5.50. The van der Waals surface area contributed by atoms with Crippen molar-refractivity contribution in [3.05, 3.63) is 29.8 Å². The van der Waals surface area contributed by atoms with Gasteiger partial charge in [-0.1, -0.05) is 18.2 Å². The van der Waals surface area contributed by atoms with Crippen LogP contribution in [0.15, 0.2) is 29.2 Å². The van der Waals surface area contributed by atoms with Crippen LogP contribution in [-0.4, -0.2) is 30.2 Å². The average Bonchev–Trinajstić information content (AvgIpc) is 2.80. The lowest BCUT2D eigenvalue weighted by atomic mass is 10.0. The molecule has 7 heteroatoms. The van der Waals surface area contributed by atoms with Crippen molar-refractivity contribution in [1.29, 1.82) is 0 Å². The predicted octanol–water partition coefficient (Wildman–Crippen LogP) is 2.76. The highest BCUT2D eigenvalue weighted by atomic mass is 35.5. The summed E-state index contributed by atoms with van der Waals surface area (Å²) in [4.78, 5) is 13.3. The molecule has 3 rings (SSSR count). The molecule has 1 aromatic rings. The van der Waals surface area contributed by atoms with E-state index in [0.29, 0.717) is 0 Å². The van der Waals surface area contributed by atoms with Crippen LogP contribution in [0.3, 0.4) is 0 Å². The maximum absolute atomic E-state index is 13.1. The fourth-order valence-electron chi connectivity index (χ4n) is 2.67. The second-order valence-electron chi connectivity index (χ2n) is 5.23. The van der Waals surface area contributed by atoms with Gasteiger partial charge in [0.2, 0.25) is 5.91 Å². The lowest BCUT2D eigenvalue weighted by Crippen LogP contribution is -2.42. The molecule has 2 aliphatic heterocycles. The Morgan fingerprint density at radius 3 is 2.86 bits per heavy atom. The van der Waals surface area contributed by atoms with Crippen LogP contribution < -0.4 is 10.6 Å². The quantitative estimate of drug-likeness (QED) is 0.874. The molecule has 2 aliphatic rings. The number of nitrogens with one attached hydrogen (secondary N) is 2. The molecule has 3 nitrogen and oxygen atoms in total. The molecule has 0 aromatic heterocycles. The van der Waals surface area contributed by atoms with Crippen LogP contribution in [0, 0.1) is 0 Å². The second-order valence-corrected chi connectivity index (χ2v) is 6.37. The van der Waals surface area contributed by atoms with Crippen LogP contribution in [0.2, 0.25) is 0 Å². The molecule has 2 atom stereocenters. The summed E-state index contributed by atoms with van der Waals surface area (Å²) in [7, 11) is 0. The third-order valence-electron chi connectivity index (χ3n) is 3.70. The highest BCUT2D eigenvalue weighted by molar-refractivity contribution is 7.99. The molecule has 0 bridgehead atoms. The van der Waals surface area contributed by atoms with E-state index in [2.05, 4.69) is 10.6 Å². The smallest absolute Gasteiger partial charge is 0.262 e. The molecule has 21 heavy (non-hydrogen) atoms. The van der Waals surface area contributed by atoms with E-state index in [0.717, 1.165) is 22.6 Å². The van der Waals surface area contributed by atoms with Crippen LogP contribution in [-0.2, 0) is 4.79 Å². The molecule has 1 fully saturated rings. The Hall–Kier alpha value is -0.850. The third kappa shape index (κ3) is 3.67. The fraction of sp³-hybridized carbons (Fsp3) is 0.500. The van der Waals surface area contributed by atoms with Gasteiger partial charge in [0.05, 0.1) is 18.6 Å². The topological polar surface area (TPSA) is 41.1 Å². The van der Waals surface area contributed by atoms with Crippen LogP contribution in [0.4, 0.5) is 8.78 Å². The van der Waals surface area contributed by atoms with Crippen molar-refractivity contribution in [2.75, 3.05) is 12.3 Å². The Bertz CT molecular complexity index is 529. The van der Waals surface area contributed by atoms with E-state index in [1.807, 2.05) is 24.3 Å². The maximum atomic E-state index is 13.1. The van der Waals surface area contributed by atoms with Gasteiger partial charge >= 0.3 is 0 Å². The number of halogens is 3. The van der Waals surface area contributed by atoms with E-state index >= 15 is 0 Å². The molecule has 2 unspecified atom stereocenters. The van der Waals surface area contributed by atoms with Crippen LogP contribution >= 0.6 is 24.2 Å². The van der Waals surface area contributed by atoms with Gasteiger partial charge in [0.1, 0.15) is 0 Å². The number of amides is 1. The number of fused-ring (bicyclic) bond motifs is 1. The van der Waals surface area contributed by atoms with Crippen molar-refractivity contribution in [1.82, 2.24) is 10.6 Å². The van der Waals surface area contributed by atoms with E-state index in [-0.39, 0.29) is 24.4 Å². The Kier molecular flexibility index (Phi) is 5.11. The van der Waals surface area contributed by atoms with Gasteiger partial charge in [-0.3, -0.25) is 10.1 Å². The predicted molar refractivity (Wildman–Crippen MR) is 81.3 cm³/mol. The molecular weight excluding hydrogens is 318 g/mol. The number of benzene rings is 1. The minimum atomic E-state index is -2.78. The van der Waals surface area contributed by atoms with E-state index in [9.17, 15) is 13.6 Å². The minimum absolute atomic E-state index is 0. The minimum Gasteiger partial charge on any atom is -0.348 e. The second kappa shape index (κ2) is 6.50. The third-order valence-corrected chi connectivity index (χ3v) is 4.82. The Morgan fingerprint density at radius 2 is 2.14 bits per heavy atom. The molecule has 1 aromatic carbocycles. The van der Waals surface area contributed by atoms with Crippen LogP contribution in [0.5, 0.6) is 0 Å². The summed E-state index contributed by atoms with van der Waals surface area (Å²) in [6.07, 6.45) is 0.415. The molecule has 0 aliphatic carbocycles. The van der Waals surface area contributed by atoms with Crippen LogP contribution in [0.25, 0.3) is 0 Å². The molecule has 1 saturated heterocycles. The summed E-state index contributed by atoms with van der Waals surface area (Å²) in [6, 6.07) is 7.06. The SMILES string of the molecule is Cl.O=C(NC1CCSc2ccccc21)C1CC(F)(F)CN1. The van der Waals surface area contributed by atoms with Crippen molar-refractivity contribution >= 4 is 30.1 Å². The molecule has 116 valence electrons. The number of hydrogen-bond acceptors (Lipinski definition) is 3. The Labute approximate surface area is 132 Å². The summed E-state index contributed by atoms with van der Waals surface area (Å²) in [6.45, 7) is -0.414. The van der Waals surface area contributed by atoms with Crippen molar-refractivity contribution in [2.45, 2.75) is 35.7 Å². The molecule has 0 saturated carbocycles. The summed E-state index contributed by atoms with van der Waals surface area (Å²) in [5.74, 6) is -2.17. The standard InChI is InChI=1S/C14H16F2N2OS.ClH/c15-14(16)7-11(17-8-14)13(19)18-10-5-6-20-12-4-2-1-3-9(10)12;/h1-4,10-11,17H,5-8H2,(H,18,19);1H. The van der Waals surface area contributed by atoms with E-state index in [1.165, 1.54) is 0 Å². The first-order chi connectivity index (χ1) is 9.55. The normalized spacial score (nSPS) is 26.6. The van der Waals surface area contributed by atoms with Gasteiger partial charge < -0.3 is 5.32 Å². The monoisotopic (exact) mass is 334 g/mol. The first kappa shape index (κ1) is 16.5. The van der Waals surface area contributed by atoms with Gasteiger partial charge in [-0.05, 0) is 18.1 Å². The van der Waals surface area contributed by atoms with Crippen molar-refractivity contribution in [3.8, 4) is 0 Å².